The molecule has 0 unspecified atom stereocenters. The largest absolute Gasteiger partial charge is 0.386 e. The molecule has 0 radical (unpaired) electrons. The molecule has 0 aromatic heterocycles. The van der Waals surface area contributed by atoms with Crippen LogP contribution in [-0.2, 0) is 0 Å². The predicted molar refractivity (Wildman–Crippen MR) is 56.2 cm³/mol. The number of allylic oxidation sites excluding steroid dienone is 2. The van der Waals surface area contributed by atoms with Gasteiger partial charge in [-0.2, -0.15) is 0 Å². The zero-order valence-corrected chi connectivity index (χ0v) is 8.98. The summed E-state index contributed by atoms with van der Waals surface area (Å²) in [5.41, 5.74) is 1.31. The molecule has 0 saturated carbocycles. The first-order chi connectivity index (χ1) is 5.74. The molecule has 1 N–H and O–H groups in total. The Labute approximate surface area is 77.2 Å². The van der Waals surface area contributed by atoms with Gasteiger partial charge in [-0.15, -0.1) is 0 Å². The van der Waals surface area contributed by atoms with Crippen molar-refractivity contribution in [1.82, 2.24) is 5.32 Å². The van der Waals surface area contributed by atoms with E-state index in [1.807, 2.05) is 0 Å². The average Bonchev–Trinajstić information content (AvgIpc) is 2.05. The molecule has 0 spiro atoms. The van der Waals surface area contributed by atoms with Gasteiger partial charge in [0.1, 0.15) is 0 Å². The lowest BCUT2D eigenvalue weighted by molar-refractivity contribution is 0.481. The maximum atomic E-state index is 3.53. The van der Waals surface area contributed by atoms with Crippen molar-refractivity contribution in [2.45, 2.75) is 59.4 Å². The van der Waals surface area contributed by atoms with E-state index in [1.165, 1.54) is 31.4 Å². The van der Waals surface area contributed by atoms with Gasteiger partial charge in [-0.25, -0.2) is 0 Å². The number of hydrogen-bond acceptors (Lipinski definition) is 1. The fourth-order valence-corrected chi connectivity index (χ4v) is 1.39. The minimum Gasteiger partial charge on any atom is -0.386 e. The highest BCUT2D eigenvalue weighted by atomic mass is 14.9. The lowest BCUT2D eigenvalue weighted by Gasteiger charge is -2.18. The standard InChI is InChI=1S/C11H23N/c1-5-8-11(9-6-2)12-10(4)7-3/h7,11-12H,5-6,8-9H2,1-4H3. The molecule has 0 heterocycles. The molecule has 12 heavy (non-hydrogen) atoms. The van der Waals surface area contributed by atoms with Crippen molar-refractivity contribution in [2.75, 3.05) is 0 Å². The molecule has 1 nitrogen and oxygen atoms in total. The molecule has 0 aromatic carbocycles. The van der Waals surface area contributed by atoms with Crippen molar-refractivity contribution in [3.05, 3.63) is 11.8 Å². The third kappa shape index (κ3) is 5.22. The second-order valence-corrected chi connectivity index (χ2v) is 3.39. The summed E-state index contributed by atoms with van der Waals surface area (Å²) in [5, 5.41) is 3.53. The van der Waals surface area contributed by atoms with Crippen LogP contribution in [-0.4, -0.2) is 6.04 Å². The zero-order valence-electron chi connectivity index (χ0n) is 8.98. The van der Waals surface area contributed by atoms with Crippen molar-refractivity contribution in [2.24, 2.45) is 0 Å². The minimum absolute atomic E-state index is 0.691. The van der Waals surface area contributed by atoms with E-state index in [4.69, 9.17) is 0 Å². The summed E-state index contributed by atoms with van der Waals surface area (Å²) in [5.74, 6) is 0. The van der Waals surface area contributed by atoms with Crippen LogP contribution in [0.15, 0.2) is 11.8 Å². The molecular weight excluding hydrogens is 146 g/mol. The van der Waals surface area contributed by atoms with Crippen LogP contribution in [0.5, 0.6) is 0 Å². The van der Waals surface area contributed by atoms with Crippen LogP contribution in [0.4, 0.5) is 0 Å². The van der Waals surface area contributed by atoms with E-state index in [0.29, 0.717) is 6.04 Å². The monoisotopic (exact) mass is 169 g/mol. The first-order valence-electron chi connectivity index (χ1n) is 5.14. The summed E-state index contributed by atoms with van der Waals surface area (Å²) in [6.07, 6.45) is 7.26. The highest BCUT2D eigenvalue weighted by Gasteiger charge is 2.04. The third-order valence-electron chi connectivity index (χ3n) is 2.14. The Morgan fingerprint density at radius 2 is 1.75 bits per heavy atom. The number of hydrogen-bond donors (Lipinski definition) is 1. The molecule has 0 saturated heterocycles. The van der Waals surface area contributed by atoms with Crippen LogP contribution in [0, 0.1) is 0 Å². The summed E-state index contributed by atoms with van der Waals surface area (Å²) in [7, 11) is 0. The maximum Gasteiger partial charge on any atom is 0.0257 e. The normalized spacial score (nSPS) is 12.2. The highest BCUT2D eigenvalue weighted by molar-refractivity contribution is 4.94. The van der Waals surface area contributed by atoms with Crippen LogP contribution >= 0.6 is 0 Å². The van der Waals surface area contributed by atoms with E-state index in [2.05, 4.69) is 39.1 Å². The molecule has 0 bridgehead atoms. The predicted octanol–water partition coefficient (Wildman–Crippen LogP) is 3.47. The molecule has 0 aromatic rings. The zero-order chi connectivity index (χ0) is 9.40. The highest BCUT2D eigenvalue weighted by Crippen LogP contribution is 2.06. The van der Waals surface area contributed by atoms with Gasteiger partial charge in [0.2, 0.25) is 0 Å². The number of nitrogens with one attached hydrogen (secondary N) is 1. The third-order valence-corrected chi connectivity index (χ3v) is 2.14. The summed E-state index contributed by atoms with van der Waals surface area (Å²) < 4.78 is 0. The van der Waals surface area contributed by atoms with Crippen molar-refractivity contribution in [3.8, 4) is 0 Å². The summed E-state index contributed by atoms with van der Waals surface area (Å²) in [4.78, 5) is 0. The first kappa shape index (κ1) is 11.5. The Morgan fingerprint density at radius 3 is 2.08 bits per heavy atom. The summed E-state index contributed by atoms with van der Waals surface area (Å²) in [6.45, 7) is 8.71. The van der Waals surface area contributed by atoms with Gasteiger partial charge in [0.15, 0.2) is 0 Å². The SMILES string of the molecule is CC=C(C)NC(CCC)CCC. The average molecular weight is 169 g/mol. The second kappa shape index (κ2) is 7.20. The smallest absolute Gasteiger partial charge is 0.0257 e. The molecule has 0 atom stereocenters. The molecular formula is C11H23N. The molecule has 0 aliphatic rings. The quantitative estimate of drug-likeness (QED) is 0.642. The molecule has 72 valence electrons. The molecule has 0 aliphatic heterocycles. The van der Waals surface area contributed by atoms with Crippen molar-refractivity contribution in [3.63, 3.8) is 0 Å². The van der Waals surface area contributed by atoms with Gasteiger partial charge in [0, 0.05) is 11.7 Å². The topological polar surface area (TPSA) is 12.0 Å². The molecule has 0 rings (SSSR count). The molecule has 0 fully saturated rings. The van der Waals surface area contributed by atoms with Gasteiger partial charge in [0.05, 0.1) is 0 Å². The van der Waals surface area contributed by atoms with E-state index >= 15 is 0 Å². The van der Waals surface area contributed by atoms with Gasteiger partial charge in [-0.1, -0.05) is 32.8 Å². The Morgan fingerprint density at radius 1 is 1.25 bits per heavy atom. The second-order valence-electron chi connectivity index (χ2n) is 3.39. The molecule has 0 amide bonds. The van der Waals surface area contributed by atoms with E-state index in [1.54, 1.807) is 0 Å². The van der Waals surface area contributed by atoms with Crippen molar-refractivity contribution >= 4 is 0 Å². The molecule has 1 heteroatoms. The van der Waals surface area contributed by atoms with Crippen LogP contribution in [0.25, 0.3) is 0 Å². The Balaban J connectivity index is 3.77. The summed E-state index contributed by atoms with van der Waals surface area (Å²) >= 11 is 0. The summed E-state index contributed by atoms with van der Waals surface area (Å²) in [6, 6.07) is 0.691. The van der Waals surface area contributed by atoms with Gasteiger partial charge < -0.3 is 5.32 Å². The first-order valence-corrected chi connectivity index (χ1v) is 5.14. The van der Waals surface area contributed by atoms with Crippen LogP contribution in [0.3, 0.4) is 0 Å². The molecule has 0 aliphatic carbocycles. The van der Waals surface area contributed by atoms with E-state index in [9.17, 15) is 0 Å². The van der Waals surface area contributed by atoms with Gasteiger partial charge in [-0.05, 0) is 26.7 Å². The van der Waals surface area contributed by atoms with Gasteiger partial charge >= 0.3 is 0 Å². The van der Waals surface area contributed by atoms with Crippen LogP contribution in [0.1, 0.15) is 53.4 Å². The van der Waals surface area contributed by atoms with E-state index in [0.717, 1.165) is 0 Å². The fraction of sp³-hybridized carbons (Fsp3) is 0.818. The lowest BCUT2D eigenvalue weighted by Crippen LogP contribution is -2.26. The Kier molecular flexibility index (Phi) is 6.93. The van der Waals surface area contributed by atoms with Gasteiger partial charge in [-0.3, -0.25) is 0 Å². The minimum atomic E-state index is 0.691. The van der Waals surface area contributed by atoms with Gasteiger partial charge in [0.25, 0.3) is 0 Å². The van der Waals surface area contributed by atoms with Crippen LogP contribution in [0.2, 0.25) is 0 Å². The van der Waals surface area contributed by atoms with E-state index < -0.39 is 0 Å². The fourth-order valence-electron chi connectivity index (χ4n) is 1.39. The maximum absolute atomic E-state index is 3.53. The Bertz CT molecular complexity index is 121. The Hall–Kier alpha value is -0.460. The van der Waals surface area contributed by atoms with E-state index in [-0.39, 0.29) is 0 Å². The van der Waals surface area contributed by atoms with Crippen LogP contribution < -0.4 is 5.32 Å². The van der Waals surface area contributed by atoms with Crippen molar-refractivity contribution in [1.29, 1.82) is 0 Å². The lowest BCUT2D eigenvalue weighted by atomic mass is 10.1. The number of rotatable bonds is 6. The van der Waals surface area contributed by atoms with Crippen molar-refractivity contribution < 1.29 is 0 Å².